The average molecular weight is 216 g/mol. The van der Waals surface area contributed by atoms with Crippen LogP contribution in [0.3, 0.4) is 0 Å². The molecule has 0 spiro atoms. The van der Waals surface area contributed by atoms with Gasteiger partial charge in [-0.25, -0.2) is 0 Å². The summed E-state index contributed by atoms with van der Waals surface area (Å²) in [6, 6.07) is 0. The van der Waals surface area contributed by atoms with Gasteiger partial charge in [-0.2, -0.15) is 0 Å². The van der Waals surface area contributed by atoms with E-state index in [0.717, 1.165) is 13.1 Å². The van der Waals surface area contributed by atoms with Crippen LogP contribution in [-0.4, -0.2) is 38.8 Å². The first-order valence-electron chi connectivity index (χ1n) is 5.56. The molecular formula is C11H24N2O2. The molecule has 0 aliphatic rings. The molecule has 0 aromatic carbocycles. The van der Waals surface area contributed by atoms with Crippen molar-refractivity contribution in [3.8, 4) is 0 Å². The number of carbonyl (C=O) groups is 1. The summed E-state index contributed by atoms with van der Waals surface area (Å²) in [5.41, 5.74) is 0. The Balaban J connectivity index is 3.31. The highest BCUT2D eigenvalue weighted by molar-refractivity contribution is 5.76. The lowest BCUT2D eigenvalue weighted by atomic mass is 10.2. The molecule has 0 radical (unpaired) electrons. The highest BCUT2D eigenvalue weighted by atomic mass is 16.5. The third-order valence-corrected chi connectivity index (χ3v) is 2.07. The highest BCUT2D eigenvalue weighted by Crippen LogP contribution is 1.88. The minimum absolute atomic E-state index is 0.112. The lowest BCUT2D eigenvalue weighted by Gasteiger charge is -2.11. The fourth-order valence-electron chi connectivity index (χ4n) is 0.997. The molecule has 0 saturated carbocycles. The molecule has 0 fully saturated rings. The summed E-state index contributed by atoms with van der Waals surface area (Å²) in [5, 5.41) is 6.04. The molecule has 0 bridgehead atoms. The Hall–Kier alpha value is -0.610. The van der Waals surface area contributed by atoms with Gasteiger partial charge < -0.3 is 15.4 Å². The summed E-state index contributed by atoms with van der Waals surface area (Å²) in [4.78, 5) is 11.3. The minimum Gasteiger partial charge on any atom is -0.380 e. The number of amides is 1. The number of nitrogens with one attached hydrogen (secondary N) is 2. The molecule has 0 saturated heterocycles. The molecule has 2 N–H and O–H groups in total. The van der Waals surface area contributed by atoms with Crippen LogP contribution in [0.1, 0.15) is 27.2 Å². The van der Waals surface area contributed by atoms with E-state index in [1.165, 1.54) is 0 Å². The second-order valence-electron chi connectivity index (χ2n) is 4.20. The Bertz CT molecular complexity index is 172. The van der Waals surface area contributed by atoms with E-state index in [1.807, 2.05) is 6.92 Å². The maximum atomic E-state index is 11.3. The molecule has 0 aliphatic carbocycles. The summed E-state index contributed by atoms with van der Waals surface area (Å²) in [6.07, 6.45) is 0.729. The van der Waals surface area contributed by atoms with E-state index in [4.69, 9.17) is 4.74 Å². The first kappa shape index (κ1) is 14.4. The Morgan fingerprint density at radius 2 is 1.93 bits per heavy atom. The first-order chi connectivity index (χ1) is 7.06. The van der Waals surface area contributed by atoms with E-state index in [0.29, 0.717) is 18.9 Å². The zero-order chi connectivity index (χ0) is 11.7. The largest absolute Gasteiger partial charge is 0.380 e. The van der Waals surface area contributed by atoms with Gasteiger partial charge in [0, 0.05) is 33.2 Å². The Morgan fingerprint density at radius 3 is 2.47 bits per heavy atom. The second-order valence-corrected chi connectivity index (χ2v) is 4.20. The number of hydrogen-bond acceptors (Lipinski definition) is 3. The molecule has 4 nitrogen and oxygen atoms in total. The molecule has 1 amide bonds. The van der Waals surface area contributed by atoms with Crippen LogP contribution in [0.5, 0.6) is 0 Å². The van der Waals surface area contributed by atoms with E-state index >= 15 is 0 Å². The molecule has 0 rings (SSSR count). The lowest BCUT2D eigenvalue weighted by molar-refractivity contribution is -0.121. The molecule has 0 heterocycles. The third kappa shape index (κ3) is 9.69. The zero-order valence-corrected chi connectivity index (χ0v) is 10.3. The van der Waals surface area contributed by atoms with Gasteiger partial charge in [0.05, 0.1) is 6.10 Å². The second kappa shape index (κ2) is 8.68. The topological polar surface area (TPSA) is 50.4 Å². The van der Waals surface area contributed by atoms with Gasteiger partial charge in [0.15, 0.2) is 0 Å². The standard InChI is InChI=1S/C11H24N2O2/c1-9(2)7-13-11(14)5-6-12-8-10(3)15-4/h9-10,12H,5-8H2,1-4H3,(H,13,14). The van der Waals surface area contributed by atoms with E-state index in [9.17, 15) is 4.79 Å². The van der Waals surface area contributed by atoms with Crippen LogP contribution in [0.15, 0.2) is 0 Å². The van der Waals surface area contributed by atoms with E-state index in [2.05, 4.69) is 24.5 Å². The van der Waals surface area contributed by atoms with Crippen molar-refractivity contribution in [2.45, 2.75) is 33.3 Å². The van der Waals surface area contributed by atoms with Gasteiger partial charge in [0.25, 0.3) is 0 Å². The van der Waals surface area contributed by atoms with Gasteiger partial charge in [0.2, 0.25) is 5.91 Å². The fraction of sp³-hybridized carbons (Fsp3) is 0.909. The quantitative estimate of drug-likeness (QED) is 0.589. The van der Waals surface area contributed by atoms with Gasteiger partial charge in [0.1, 0.15) is 0 Å². The van der Waals surface area contributed by atoms with Crippen molar-refractivity contribution in [2.24, 2.45) is 5.92 Å². The van der Waals surface area contributed by atoms with E-state index in [-0.39, 0.29) is 12.0 Å². The van der Waals surface area contributed by atoms with E-state index < -0.39 is 0 Å². The number of ether oxygens (including phenoxy) is 1. The summed E-state index contributed by atoms with van der Waals surface area (Å²) in [6.45, 7) is 8.41. The molecule has 4 heteroatoms. The van der Waals surface area contributed by atoms with Crippen molar-refractivity contribution in [1.29, 1.82) is 0 Å². The molecule has 0 aliphatic heterocycles. The van der Waals surface area contributed by atoms with Crippen LogP contribution in [0, 0.1) is 5.92 Å². The number of methoxy groups -OCH3 is 1. The van der Waals surface area contributed by atoms with Crippen LogP contribution < -0.4 is 10.6 Å². The Labute approximate surface area is 92.8 Å². The maximum Gasteiger partial charge on any atom is 0.221 e. The summed E-state index contributed by atoms with van der Waals surface area (Å²) >= 11 is 0. The third-order valence-electron chi connectivity index (χ3n) is 2.07. The van der Waals surface area contributed by atoms with Crippen LogP contribution in [-0.2, 0) is 9.53 Å². The Morgan fingerprint density at radius 1 is 1.27 bits per heavy atom. The fourth-order valence-corrected chi connectivity index (χ4v) is 0.997. The predicted molar refractivity (Wildman–Crippen MR) is 61.8 cm³/mol. The zero-order valence-electron chi connectivity index (χ0n) is 10.3. The van der Waals surface area contributed by atoms with Crippen molar-refractivity contribution in [2.75, 3.05) is 26.7 Å². The van der Waals surface area contributed by atoms with Crippen LogP contribution in [0.4, 0.5) is 0 Å². The molecule has 1 atom stereocenters. The summed E-state index contributed by atoms with van der Waals surface area (Å²) in [7, 11) is 1.68. The summed E-state index contributed by atoms with van der Waals surface area (Å²) < 4.78 is 5.07. The van der Waals surface area contributed by atoms with Crippen molar-refractivity contribution in [3.63, 3.8) is 0 Å². The number of rotatable bonds is 8. The van der Waals surface area contributed by atoms with Crippen LogP contribution in [0.25, 0.3) is 0 Å². The predicted octanol–water partition coefficient (Wildman–Crippen LogP) is 0.773. The van der Waals surface area contributed by atoms with Crippen molar-refractivity contribution < 1.29 is 9.53 Å². The maximum absolute atomic E-state index is 11.3. The van der Waals surface area contributed by atoms with Crippen LogP contribution in [0.2, 0.25) is 0 Å². The smallest absolute Gasteiger partial charge is 0.221 e. The molecule has 1 unspecified atom stereocenters. The van der Waals surface area contributed by atoms with Crippen LogP contribution >= 0.6 is 0 Å². The molecular weight excluding hydrogens is 192 g/mol. The number of carbonyl (C=O) groups excluding carboxylic acids is 1. The monoisotopic (exact) mass is 216 g/mol. The van der Waals surface area contributed by atoms with Gasteiger partial charge in [-0.05, 0) is 12.8 Å². The van der Waals surface area contributed by atoms with Crippen molar-refractivity contribution in [1.82, 2.24) is 10.6 Å². The average Bonchev–Trinajstić information content (AvgIpc) is 2.21. The molecule has 15 heavy (non-hydrogen) atoms. The van der Waals surface area contributed by atoms with Gasteiger partial charge in [-0.15, -0.1) is 0 Å². The van der Waals surface area contributed by atoms with Crippen molar-refractivity contribution in [3.05, 3.63) is 0 Å². The normalized spacial score (nSPS) is 12.9. The first-order valence-corrected chi connectivity index (χ1v) is 5.56. The lowest BCUT2D eigenvalue weighted by Crippen LogP contribution is -2.32. The molecule has 90 valence electrons. The van der Waals surface area contributed by atoms with E-state index in [1.54, 1.807) is 7.11 Å². The number of hydrogen-bond donors (Lipinski definition) is 2. The van der Waals surface area contributed by atoms with Crippen molar-refractivity contribution >= 4 is 5.91 Å². The molecule has 0 aromatic heterocycles. The minimum atomic E-state index is 0.112. The molecule has 0 aromatic rings. The van der Waals surface area contributed by atoms with Gasteiger partial charge in [-0.3, -0.25) is 4.79 Å². The van der Waals surface area contributed by atoms with Gasteiger partial charge >= 0.3 is 0 Å². The Kier molecular flexibility index (Phi) is 8.33. The van der Waals surface area contributed by atoms with Gasteiger partial charge in [-0.1, -0.05) is 13.8 Å². The summed E-state index contributed by atoms with van der Waals surface area (Å²) in [5.74, 6) is 0.622. The highest BCUT2D eigenvalue weighted by Gasteiger charge is 2.02. The SMILES string of the molecule is COC(C)CNCCC(=O)NCC(C)C.